The van der Waals surface area contributed by atoms with Gasteiger partial charge in [0.25, 0.3) is 0 Å². The summed E-state index contributed by atoms with van der Waals surface area (Å²) in [5.41, 5.74) is 7.01. The van der Waals surface area contributed by atoms with Crippen LogP contribution in [0.1, 0.15) is 87.2 Å². The van der Waals surface area contributed by atoms with Gasteiger partial charge >= 0.3 is 0 Å². The SMILES string of the molecule is c1cc(-c2n[nH]c(-c3ccccc3C3CCCCC3)n2)cc(-c2n[nH]c(-c3ccccc3C3CCCCC3)n2)c1. The maximum Gasteiger partial charge on any atom is 0.181 e. The first-order chi connectivity index (χ1) is 19.8. The zero-order chi connectivity index (χ0) is 26.7. The summed E-state index contributed by atoms with van der Waals surface area (Å²) < 4.78 is 0. The molecule has 202 valence electrons. The molecule has 2 N–H and O–H groups in total. The van der Waals surface area contributed by atoms with E-state index in [-0.39, 0.29) is 0 Å². The van der Waals surface area contributed by atoms with Crippen molar-refractivity contribution in [1.29, 1.82) is 0 Å². The molecule has 6 nitrogen and oxygen atoms in total. The van der Waals surface area contributed by atoms with Crippen LogP contribution in [-0.2, 0) is 0 Å². The van der Waals surface area contributed by atoms with Gasteiger partial charge in [-0.3, -0.25) is 10.2 Å². The molecule has 2 fully saturated rings. The minimum atomic E-state index is 0.602. The lowest BCUT2D eigenvalue weighted by Crippen LogP contribution is -2.06. The lowest BCUT2D eigenvalue weighted by molar-refractivity contribution is 0.444. The molecular weight excluding hydrogens is 492 g/mol. The summed E-state index contributed by atoms with van der Waals surface area (Å²) in [6, 6.07) is 25.6. The van der Waals surface area contributed by atoms with E-state index in [0.29, 0.717) is 23.5 Å². The molecule has 2 saturated carbocycles. The Labute approximate surface area is 235 Å². The Kier molecular flexibility index (Phi) is 6.99. The second-order valence-corrected chi connectivity index (χ2v) is 11.4. The molecular formula is C34H36N6. The standard InChI is InChI=1S/C34H36N6/c1-3-12-23(13-4-1)27-18-7-9-20-29(27)33-35-31(37-39-33)25-16-11-17-26(22-25)32-36-34(40-38-32)30-21-10-8-19-28(30)24-14-5-2-6-15-24/h7-11,16-24H,1-6,12-15H2,(H,35,37,39)(H,36,38,40). The van der Waals surface area contributed by atoms with E-state index in [1.54, 1.807) is 0 Å². The maximum atomic E-state index is 4.94. The predicted molar refractivity (Wildman–Crippen MR) is 160 cm³/mol. The van der Waals surface area contributed by atoms with Gasteiger partial charge in [-0.1, -0.05) is 105 Å². The molecule has 0 bridgehead atoms. The molecule has 0 spiro atoms. The van der Waals surface area contributed by atoms with Crippen molar-refractivity contribution in [1.82, 2.24) is 30.4 Å². The Balaban J connectivity index is 1.16. The van der Waals surface area contributed by atoms with E-state index >= 15 is 0 Å². The van der Waals surface area contributed by atoms with Gasteiger partial charge in [0.2, 0.25) is 0 Å². The third-order valence-corrected chi connectivity index (χ3v) is 8.87. The molecule has 0 radical (unpaired) electrons. The second-order valence-electron chi connectivity index (χ2n) is 11.4. The Morgan fingerprint density at radius 1 is 0.500 bits per heavy atom. The molecule has 0 unspecified atom stereocenters. The van der Waals surface area contributed by atoms with Crippen LogP contribution < -0.4 is 0 Å². The first-order valence-corrected chi connectivity index (χ1v) is 15.0. The number of nitrogens with one attached hydrogen (secondary N) is 2. The van der Waals surface area contributed by atoms with E-state index in [9.17, 15) is 0 Å². The van der Waals surface area contributed by atoms with E-state index < -0.39 is 0 Å². The molecule has 40 heavy (non-hydrogen) atoms. The molecule has 6 heteroatoms. The quantitative estimate of drug-likeness (QED) is 0.231. The number of nitrogens with zero attached hydrogens (tertiary/aromatic N) is 4. The lowest BCUT2D eigenvalue weighted by Gasteiger charge is -2.23. The predicted octanol–water partition coefficient (Wildman–Crippen LogP) is 8.69. The molecule has 0 saturated heterocycles. The number of hydrogen-bond acceptors (Lipinski definition) is 4. The largest absolute Gasteiger partial charge is 0.259 e. The Morgan fingerprint density at radius 3 is 1.43 bits per heavy atom. The summed E-state index contributed by atoms with van der Waals surface area (Å²) in [4.78, 5) is 9.88. The minimum Gasteiger partial charge on any atom is -0.259 e. The second kappa shape index (κ2) is 11.2. The third-order valence-electron chi connectivity index (χ3n) is 8.87. The number of benzene rings is 3. The van der Waals surface area contributed by atoms with Crippen molar-refractivity contribution in [3.8, 4) is 45.6 Å². The third kappa shape index (κ3) is 4.99. The van der Waals surface area contributed by atoms with Gasteiger partial charge in [0.1, 0.15) is 0 Å². The maximum absolute atomic E-state index is 4.94. The normalized spacial score (nSPS) is 16.8. The van der Waals surface area contributed by atoms with Gasteiger partial charge in [-0.05, 0) is 54.7 Å². The first kappa shape index (κ1) is 24.9. The van der Waals surface area contributed by atoms with Gasteiger partial charge in [0, 0.05) is 22.3 Å². The molecule has 0 aliphatic heterocycles. The number of H-pyrrole nitrogens is 2. The van der Waals surface area contributed by atoms with E-state index in [4.69, 9.17) is 9.97 Å². The summed E-state index contributed by atoms with van der Waals surface area (Å²) in [6.45, 7) is 0. The number of aromatic amines is 2. The van der Waals surface area contributed by atoms with Gasteiger partial charge in [0.15, 0.2) is 23.3 Å². The minimum absolute atomic E-state index is 0.602. The van der Waals surface area contributed by atoms with Gasteiger partial charge < -0.3 is 0 Å². The smallest absolute Gasteiger partial charge is 0.181 e. The molecule has 5 aromatic rings. The van der Waals surface area contributed by atoms with Gasteiger partial charge in [-0.15, -0.1) is 0 Å². The summed E-state index contributed by atoms with van der Waals surface area (Å²) in [5, 5.41) is 15.7. The molecule has 2 aromatic heterocycles. The fourth-order valence-corrected chi connectivity index (χ4v) is 6.78. The fraction of sp³-hybridized carbons (Fsp3) is 0.353. The molecule has 0 atom stereocenters. The van der Waals surface area contributed by atoms with Crippen LogP contribution in [0.5, 0.6) is 0 Å². The number of rotatable bonds is 6. The van der Waals surface area contributed by atoms with E-state index in [1.165, 1.54) is 86.5 Å². The van der Waals surface area contributed by atoms with Crippen molar-refractivity contribution in [2.75, 3.05) is 0 Å². The number of aromatic nitrogens is 6. The van der Waals surface area contributed by atoms with Gasteiger partial charge in [-0.2, -0.15) is 10.2 Å². The Bertz CT molecular complexity index is 1470. The Morgan fingerprint density at radius 2 is 0.950 bits per heavy atom. The lowest BCUT2D eigenvalue weighted by atomic mass is 9.82. The van der Waals surface area contributed by atoms with Crippen molar-refractivity contribution >= 4 is 0 Å². The highest BCUT2D eigenvalue weighted by Crippen LogP contribution is 2.39. The average Bonchev–Trinajstić information content (AvgIpc) is 3.73. The molecule has 3 aromatic carbocycles. The zero-order valence-corrected chi connectivity index (χ0v) is 22.9. The van der Waals surface area contributed by atoms with Crippen LogP contribution >= 0.6 is 0 Å². The molecule has 2 aliphatic carbocycles. The van der Waals surface area contributed by atoms with Crippen LogP contribution in [0.2, 0.25) is 0 Å². The molecule has 2 aliphatic rings. The van der Waals surface area contributed by atoms with Crippen LogP contribution in [0.3, 0.4) is 0 Å². The van der Waals surface area contributed by atoms with E-state index in [1.807, 2.05) is 6.07 Å². The highest BCUT2D eigenvalue weighted by Gasteiger charge is 2.22. The van der Waals surface area contributed by atoms with E-state index in [2.05, 4.69) is 87.1 Å². The highest BCUT2D eigenvalue weighted by molar-refractivity contribution is 5.70. The van der Waals surface area contributed by atoms with Crippen molar-refractivity contribution in [3.05, 3.63) is 83.9 Å². The zero-order valence-electron chi connectivity index (χ0n) is 22.9. The average molecular weight is 529 g/mol. The van der Waals surface area contributed by atoms with Crippen LogP contribution in [0.4, 0.5) is 0 Å². The highest BCUT2D eigenvalue weighted by atomic mass is 15.2. The molecule has 7 rings (SSSR count). The van der Waals surface area contributed by atoms with Crippen molar-refractivity contribution in [2.24, 2.45) is 0 Å². The first-order valence-electron chi connectivity index (χ1n) is 15.0. The van der Waals surface area contributed by atoms with Crippen LogP contribution in [0.15, 0.2) is 72.8 Å². The number of hydrogen-bond donors (Lipinski definition) is 2. The fourth-order valence-electron chi connectivity index (χ4n) is 6.78. The van der Waals surface area contributed by atoms with Crippen molar-refractivity contribution in [2.45, 2.75) is 76.0 Å². The molecule has 0 amide bonds. The van der Waals surface area contributed by atoms with Crippen LogP contribution in [-0.4, -0.2) is 30.4 Å². The monoisotopic (exact) mass is 528 g/mol. The van der Waals surface area contributed by atoms with Crippen LogP contribution in [0.25, 0.3) is 45.6 Å². The van der Waals surface area contributed by atoms with Gasteiger partial charge in [0.05, 0.1) is 0 Å². The van der Waals surface area contributed by atoms with Crippen molar-refractivity contribution in [3.63, 3.8) is 0 Å². The topological polar surface area (TPSA) is 83.1 Å². The van der Waals surface area contributed by atoms with Crippen LogP contribution in [0, 0.1) is 0 Å². The summed E-state index contributed by atoms with van der Waals surface area (Å²) in [5.74, 6) is 4.25. The van der Waals surface area contributed by atoms with Gasteiger partial charge in [-0.25, -0.2) is 9.97 Å². The Hall–Kier alpha value is -4.06. The summed E-state index contributed by atoms with van der Waals surface area (Å²) in [7, 11) is 0. The van der Waals surface area contributed by atoms with Crippen molar-refractivity contribution < 1.29 is 0 Å². The summed E-state index contributed by atoms with van der Waals surface area (Å²) in [6.07, 6.45) is 12.9. The summed E-state index contributed by atoms with van der Waals surface area (Å²) >= 11 is 0. The molecule has 2 heterocycles. The van der Waals surface area contributed by atoms with E-state index in [0.717, 1.165) is 22.8 Å².